The monoisotopic (exact) mass is 251 g/mol. The number of ether oxygens (including phenoxy) is 1. The molecule has 1 rings (SSSR count). The maximum atomic E-state index is 8.77. The van der Waals surface area contributed by atoms with Gasteiger partial charge in [0.05, 0.1) is 11.5 Å². The largest absolute Gasteiger partial charge is 0.494 e. The van der Waals surface area contributed by atoms with Crippen molar-refractivity contribution in [1.82, 2.24) is 0 Å². The molecular weight excluding hydrogens is 238 g/mol. The Kier molecular flexibility index (Phi) is 4.78. The van der Waals surface area contributed by atoms with E-state index in [9.17, 15) is 0 Å². The van der Waals surface area contributed by atoms with E-state index in [-0.39, 0.29) is 0 Å². The first kappa shape index (κ1) is 13.0. The molecule has 2 nitrogen and oxygen atoms in total. The zero-order valence-electron chi connectivity index (χ0n) is 9.19. The molecule has 1 aromatic rings. The molecule has 1 aromatic carbocycles. The third kappa shape index (κ3) is 2.97. The van der Waals surface area contributed by atoms with Gasteiger partial charge in [-0.05, 0) is 37.1 Å². The van der Waals surface area contributed by atoms with E-state index < -0.39 is 0 Å². The van der Waals surface area contributed by atoms with E-state index in [1.807, 2.05) is 38.1 Å². The molecule has 0 fully saturated rings. The van der Waals surface area contributed by atoms with Crippen molar-refractivity contribution in [3.05, 3.63) is 34.2 Å². The highest BCUT2D eigenvalue weighted by atomic mass is 32.1. The van der Waals surface area contributed by atoms with Gasteiger partial charge in [-0.3, -0.25) is 0 Å². The summed E-state index contributed by atoms with van der Waals surface area (Å²) in [6, 6.07) is 7.67. The molecule has 0 amide bonds. The zero-order valence-corrected chi connectivity index (χ0v) is 11.0. The van der Waals surface area contributed by atoms with Gasteiger partial charge in [-0.2, -0.15) is 5.26 Å². The number of thiol groups is 2. The fourth-order valence-electron chi connectivity index (χ4n) is 1.29. The number of nitriles is 1. The molecule has 84 valence electrons. The van der Waals surface area contributed by atoms with Crippen LogP contribution in [0.5, 0.6) is 5.75 Å². The summed E-state index contributed by atoms with van der Waals surface area (Å²) in [6.07, 6.45) is 0. The average Bonchev–Trinajstić information content (AvgIpc) is 2.30. The minimum atomic E-state index is 0.306. The Hall–Kier alpha value is -1.05. The van der Waals surface area contributed by atoms with Crippen molar-refractivity contribution in [2.24, 2.45) is 0 Å². The quantitative estimate of drug-likeness (QED) is 0.637. The van der Waals surface area contributed by atoms with E-state index in [4.69, 9.17) is 10.00 Å². The van der Waals surface area contributed by atoms with Crippen LogP contribution < -0.4 is 4.74 Å². The molecule has 0 aliphatic carbocycles. The second kappa shape index (κ2) is 5.88. The molecule has 16 heavy (non-hydrogen) atoms. The molecule has 0 N–H and O–H groups in total. The molecule has 0 aromatic heterocycles. The van der Waals surface area contributed by atoms with Gasteiger partial charge in [-0.15, -0.1) is 25.3 Å². The number of benzene rings is 1. The predicted octanol–water partition coefficient (Wildman–Crippen LogP) is 3.45. The Balaban J connectivity index is 3.23. The normalized spacial score (nSPS) is 11.7. The highest BCUT2D eigenvalue weighted by molar-refractivity contribution is 7.93. The topological polar surface area (TPSA) is 33.0 Å². The Bertz CT molecular complexity index is 461. The van der Waals surface area contributed by atoms with E-state index in [1.54, 1.807) is 0 Å². The fraction of sp³-hybridized carbons (Fsp3) is 0.250. The molecule has 4 heteroatoms. The van der Waals surface area contributed by atoms with E-state index in [1.165, 1.54) is 0 Å². The summed E-state index contributed by atoms with van der Waals surface area (Å²) < 4.78 is 5.40. The Morgan fingerprint density at radius 3 is 2.69 bits per heavy atom. The molecular formula is C12H13NOS2. The number of allylic oxidation sites excluding steroid dienone is 1. The Morgan fingerprint density at radius 2 is 2.12 bits per heavy atom. The standard InChI is InChI=1S/C12H13NOS2/c1-3-14-9-5-4-8(2)10(6-9)12(16)11(15)7-13/h4-6,15-16H,3H2,1-2H3/b12-11-. The van der Waals surface area contributed by atoms with Gasteiger partial charge in [-0.1, -0.05) is 6.07 Å². The van der Waals surface area contributed by atoms with Crippen LogP contribution in [0.4, 0.5) is 0 Å². The van der Waals surface area contributed by atoms with Gasteiger partial charge in [0.1, 0.15) is 11.8 Å². The number of nitrogens with zero attached hydrogens (tertiary/aromatic N) is 1. The number of aryl methyl sites for hydroxylation is 1. The van der Waals surface area contributed by atoms with Crippen molar-refractivity contribution < 1.29 is 4.74 Å². The Labute approximate surface area is 107 Å². The molecule has 0 heterocycles. The van der Waals surface area contributed by atoms with Gasteiger partial charge in [0.25, 0.3) is 0 Å². The number of hydrogen-bond acceptors (Lipinski definition) is 4. The van der Waals surface area contributed by atoms with E-state index in [2.05, 4.69) is 25.3 Å². The van der Waals surface area contributed by atoms with E-state index in [0.717, 1.165) is 16.9 Å². The molecule has 0 aliphatic rings. The second-order valence-electron chi connectivity index (χ2n) is 3.22. The molecule has 0 bridgehead atoms. The first-order chi connectivity index (χ1) is 7.60. The smallest absolute Gasteiger partial charge is 0.119 e. The summed E-state index contributed by atoms with van der Waals surface area (Å²) in [5, 5.41) is 8.77. The lowest BCUT2D eigenvalue weighted by molar-refractivity contribution is 0.340. The van der Waals surface area contributed by atoms with Crippen LogP contribution in [0.2, 0.25) is 0 Å². The lowest BCUT2D eigenvalue weighted by atomic mass is 10.1. The number of rotatable bonds is 3. The van der Waals surface area contributed by atoms with Crippen LogP contribution in [0.15, 0.2) is 23.1 Å². The van der Waals surface area contributed by atoms with Gasteiger partial charge in [0.15, 0.2) is 0 Å². The zero-order chi connectivity index (χ0) is 12.1. The summed E-state index contributed by atoms with van der Waals surface area (Å²) in [5.41, 5.74) is 1.91. The van der Waals surface area contributed by atoms with Crippen molar-refractivity contribution >= 4 is 30.2 Å². The lowest BCUT2D eigenvalue weighted by Gasteiger charge is -2.09. The lowest BCUT2D eigenvalue weighted by Crippen LogP contribution is -1.93. The maximum Gasteiger partial charge on any atom is 0.119 e. The van der Waals surface area contributed by atoms with Crippen LogP contribution in [-0.4, -0.2) is 6.61 Å². The SMILES string of the molecule is CCOc1ccc(C)c(/C(S)=C(/S)C#N)c1. The van der Waals surface area contributed by atoms with Crippen molar-refractivity contribution in [3.8, 4) is 11.8 Å². The fourth-order valence-corrected chi connectivity index (χ4v) is 1.70. The first-order valence-electron chi connectivity index (χ1n) is 4.86. The van der Waals surface area contributed by atoms with Crippen LogP contribution in [0, 0.1) is 18.3 Å². The highest BCUT2D eigenvalue weighted by Gasteiger charge is 2.07. The Morgan fingerprint density at radius 1 is 1.44 bits per heavy atom. The molecule has 0 unspecified atom stereocenters. The predicted molar refractivity (Wildman–Crippen MR) is 72.9 cm³/mol. The van der Waals surface area contributed by atoms with Crippen LogP contribution in [0.25, 0.3) is 4.91 Å². The highest BCUT2D eigenvalue weighted by Crippen LogP contribution is 2.30. The van der Waals surface area contributed by atoms with Gasteiger partial charge >= 0.3 is 0 Å². The molecule has 0 radical (unpaired) electrons. The minimum Gasteiger partial charge on any atom is -0.494 e. The maximum absolute atomic E-state index is 8.77. The van der Waals surface area contributed by atoms with E-state index in [0.29, 0.717) is 16.4 Å². The van der Waals surface area contributed by atoms with Crippen molar-refractivity contribution in [1.29, 1.82) is 5.26 Å². The summed E-state index contributed by atoms with van der Waals surface area (Å²) in [7, 11) is 0. The molecule has 0 atom stereocenters. The molecule has 0 saturated carbocycles. The van der Waals surface area contributed by atoms with Crippen LogP contribution in [-0.2, 0) is 0 Å². The van der Waals surface area contributed by atoms with Crippen LogP contribution in [0.3, 0.4) is 0 Å². The summed E-state index contributed by atoms with van der Waals surface area (Å²) in [6.45, 7) is 4.50. The minimum absolute atomic E-state index is 0.306. The first-order valence-corrected chi connectivity index (χ1v) is 5.75. The van der Waals surface area contributed by atoms with Gasteiger partial charge in [-0.25, -0.2) is 0 Å². The second-order valence-corrected chi connectivity index (χ2v) is 4.11. The summed E-state index contributed by atoms with van der Waals surface area (Å²) >= 11 is 8.38. The van der Waals surface area contributed by atoms with Crippen LogP contribution in [0.1, 0.15) is 18.1 Å². The van der Waals surface area contributed by atoms with Crippen molar-refractivity contribution in [2.45, 2.75) is 13.8 Å². The third-order valence-electron chi connectivity index (χ3n) is 2.11. The summed E-state index contributed by atoms with van der Waals surface area (Å²) in [5.74, 6) is 0.772. The molecule has 0 saturated heterocycles. The molecule has 0 aliphatic heterocycles. The van der Waals surface area contributed by atoms with E-state index >= 15 is 0 Å². The van der Waals surface area contributed by atoms with Crippen molar-refractivity contribution in [3.63, 3.8) is 0 Å². The van der Waals surface area contributed by atoms with Crippen molar-refractivity contribution in [2.75, 3.05) is 6.61 Å². The third-order valence-corrected chi connectivity index (χ3v) is 3.07. The molecule has 0 spiro atoms. The average molecular weight is 251 g/mol. The number of hydrogen-bond donors (Lipinski definition) is 2. The van der Waals surface area contributed by atoms with Crippen LogP contribution >= 0.6 is 25.3 Å². The van der Waals surface area contributed by atoms with Gasteiger partial charge in [0, 0.05) is 4.91 Å². The summed E-state index contributed by atoms with van der Waals surface area (Å²) in [4.78, 5) is 0.880. The van der Waals surface area contributed by atoms with Gasteiger partial charge < -0.3 is 4.74 Å². The van der Waals surface area contributed by atoms with Gasteiger partial charge in [0.2, 0.25) is 0 Å².